The minimum Gasteiger partial charge on any atom is -0.349 e. The van der Waals surface area contributed by atoms with Gasteiger partial charge in [-0.25, -0.2) is 0 Å². The van der Waals surface area contributed by atoms with Crippen LogP contribution in [-0.4, -0.2) is 19.0 Å². The van der Waals surface area contributed by atoms with Gasteiger partial charge in [-0.1, -0.05) is 38.1 Å². The monoisotopic (exact) mass is 288 g/mol. The zero-order chi connectivity index (χ0) is 15.2. The molecule has 2 unspecified atom stereocenters. The highest BCUT2D eigenvalue weighted by atomic mass is 16.2. The lowest BCUT2D eigenvalue weighted by Gasteiger charge is -2.27. The van der Waals surface area contributed by atoms with E-state index in [0.29, 0.717) is 5.92 Å². The van der Waals surface area contributed by atoms with E-state index in [-0.39, 0.29) is 17.9 Å². The molecular formula is C18H28N2O. The number of nitrogens with one attached hydrogen (secondary N) is 2. The highest BCUT2D eigenvalue weighted by Gasteiger charge is 2.24. The standard InChI is InChI=1S/C18H28N2O/c1-13(2)11-17(16-9-5-4-7-14(16)3)20-18(21)15-8-6-10-19-12-15/h4-5,7,9,13,15,17,19H,6,8,10-12H2,1-3H3,(H,20,21). The Balaban J connectivity index is 2.09. The van der Waals surface area contributed by atoms with Crippen molar-refractivity contribution in [3.8, 4) is 0 Å². The maximum atomic E-state index is 12.5. The van der Waals surface area contributed by atoms with Gasteiger partial charge in [0.15, 0.2) is 0 Å². The second-order valence-corrected chi connectivity index (χ2v) is 6.59. The minimum absolute atomic E-state index is 0.123. The van der Waals surface area contributed by atoms with Crippen LogP contribution in [0.15, 0.2) is 24.3 Å². The topological polar surface area (TPSA) is 41.1 Å². The van der Waals surface area contributed by atoms with E-state index in [1.165, 1.54) is 11.1 Å². The average molecular weight is 288 g/mol. The number of carbonyl (C=O) groups is 1. The van der Waals surface area contributed by atoms with Crippen molar-refractivity contribution in [1.82, 2.24) is 10.6 Å². The van der Waals surface area contributed by atoms with Crippen LogP contribution in [0.5, 0.6) is 0 Å². The summed E-state index contributed by atoms with van der Waals surface area (Å²) in [7, 11) is 0. The summed E-state index contributed by atoms with van der Waals surface area (Å²) in [6, 6.07) is 8.50. The molecular weight excluding hydrogens is 260 g/mol. The molecule has 21 heavy (non-hydrogen) atoms. The van der Waals surface area contributed by atoms with Gasteiger partial charge in [0.1, 0.15) is 0 Å². The van der Waals surface area contributed by atoms with E-state index in [2.05, 4.69) is 55.7 Å². The fourth-order valence-corrected chi connectivity index (χ4v) is 3.08. The number of piperidine rings is 1. The third-order valence-electron chi connectivity index (χ3n) is 4.26. The molecule has 3 nitrogen and oxygen atoms in total. The van der Waals surface area contributed by atoms with Crippen LogP contribution in [0.3, 0.4) is 0 Å². The fourth-order valence-electron chi connectivity index (χ4n) is 3.08. The molecule has 3 heteroatoms. The molecule has 0 aromatic heterocycles. The van der Waals surface area contributed by atoms with Gasteiger partial charge in [0.2, 0.25) is 5.91 Å². The molecule has 2 rings (SSSR count). The van der Waals surface area contributed by atoms with E-state index in [0.717, 1.165) is 32.4 Å². The van der Waals surface area contributed by atoms with Gasteiger partial charge in [0.25, 0.3) is 0 Å². The lowest BCUT2D eigenvalue weighted by Crippen LogP contribution is -2.42. The van der Waals surface area contributed by atoms with Crippen LogP contribution < -0.4 is 10.6 Å². The molecule has 1 heterocycles. The zero-order valence-electron chi connectivity index (χ0n) is 13.5. The highest BCUT2D eigenvalue weighted by molar-refractivity contribution is 5.79. The van der Waals surface area contributed by atoms with Gasteiger partial charge >= 0.3 is 0 Å². The summed E-state index contributed by atoms with van der Waals surface area (Å²) < 4.78 is 0. The Morgan fingerprint density at radius 2 is 2.14 bits per heavy atom. The molecule has 0 aliphatic carbocycles. The van der Waals surface area contributed by atoms with E-state index in [4.69, 9.17) is 0 Å². The second kappa shape index (κ2) is 7.60. The van der Waals surface area contributed by atoms with Crippen LogP contribution in [0.4, 0.5) is 0 Å². The van der Waals surface area contributed by atoms with Crippen molar-refractivity contribution in [2.75, 3.05) is 13.1 Å². The lowest BCUT2D eigenvalue weighted by atomic mass is 9.92. The second-order valence-electron chi connectivity index (χ2n) is 6.59. The summed E-state index contributed by atoms with van der Waals surface area (Å²) in [5.41, 5.74) is 2.51. The summed E-state index contributed by atoms with van der Waals surface area (Å²) in [6.45, 7) is 8.39. The minimum atomic E-state index is 0.123. The SMILES string of the molecule is Cc1ccccc1C(CC(C)C)NC(=O)C1CCCNC1. The van der Waals surface area contributed by atoms with Crippen LogP contribution in [0.25, 0.3) is 0 Å². The quantitative estimate of drug-likeness (QED) is 0.873. The molecule has 1 aliphatic heterocycles. The van der Waals surface area contributed by atoms with Crippen molar-refractivity contribution < 1.29 is 4.79 Å². The fraction of sp³-hybridized carbons (Fsp3) is 0.611. The Bertz CT molecular complexity index is 464. The first-order chi connectivity index (χ1) is 10.1. The first kappa shape index (κ1) is 16.0. The molecule has 0 saturated carbocycles. The van der Waals surface area contributed by atoms with Crippen LogP contribution in [0.2, 0.25) is 0 Å². The van der Waals surface area contributed by atoms with Gasteiger partial charge in [-0.05, 0) is 49.8 Å². The molecule has 1 aromatic carbocycles. The number of amides is 1. The van der Waals surface area contributed by atoms with Crippen LogP contribution in [0.1, 0.15) is 50.3 Å². The summed E-state index contributed by atoms with van der Waals surface area (Å²) in [6.07, 6.45) is 3.08. The molecule has 116 valence electrons. The molecule has 0 bridgehead atoms. The largest absolute Gasteiger partial charge is 0.349 e. The Labute approximate surface area is 128 Å². The molecule has 1 saturated heterocycles. The van der Waals surface area contributed by atoms with E-state index < -0.39 is 0 Å². The Hall–Kier alpha value is -1.35. The summed E-state index contributed by atoms with van der Waals surface area (Å²) >= 11 is 0. The average Bonchev–Trinajstić information content (AvgIpc) is 2.47. The Kier molecular flexibility index (Phi) is 5.80. The predicted molar refractivity (Wildman–Crippen MR) is 87.1 cm³/mol. The normalized spacial score (nSPS) is 20.3. The number of aryl methyl sites for hydroxylation is 1. The van der Waals surface area contributed by atoms with Gasteiger partial charge in [0, 0.05) is 6.54 Å². The molecule has 2 N–H and O–H groups in total. The summed E-state index contributed by atoms with van der Waals surface area (Å²) in [5, 5.41) is 6.62. The Morgan fingerprint density at radius 3 is 2.76 bits per heavy atom. The maximum absolute atomic E-state index is 12.5. The van der Waals surface area contributed by atoms with Gasteiger partial charge < -0.3 is 10.6 Å². The van der Waals surface area contributed by atoms with E-state index >= 15 is 0 Å². The predicted octanol–water partition coefficient (Wildman–Crippen LogP) is 3.20. The molecule has 1 aliphatic rings. The number of rotatable bonds is 5. The summed E-state index contributed by atoms with van der Waals surface area (Å²) in [5.74, 6) is 0.882. The van der Waals surface area contributed by atoms with Crippen LogP contribution in [0, 0.1) is 18.8 Å². The molecule has 1 fully saturated rings. The van der Waals surface area contributed by atoms with E-state index in [1.807, 2.05) is 0 Å². The van der Waals surface area contributed by atoms with Gasteiger partial charge in [-0.3, -0.25) is 4.79 Å². The van der Waals surface area contributed by atoms with Gasteiger partial charge in [-0.15, -0.1) is 0 Å². The Morgan fingerprint density at radius 1 is 1.38 bits per heavy atom. The molecule has 1 aromatic rings. The summed E-state index contributed by atoms with van der Waals surface area (Å²) in [4.78, 5) is 12.5. The van der Waals surface area contributed by atoms with Crippen LogP contribution in [-0.2, 0) is 4.79 Å². The van der Waals surface area contributed by atoms with Crippen molar-refractivity contribution in [2.45, 2.75) is 46.1 Å². The van der Waals surface area contributed by atoms with Crippen molar-refractivity contribution in [3.63, 3.8) is 0 Å². The van der Waals surface area contributed by atoms with E-state index in [9.17, 15) is 4.79 Å². The molecule has 2 atom stereocenters. The third-order valence-corrected chi connectivity index (χ3v) is 4.26. The zero-order valence-corrected chi connectivity index (χ0v) is 13.5. The number of hydrogen-bond acceptors (Lipinski definition) is 2. The molecule has 0 spiro atoms. The smallest absolute Gasteiger partial charge is 0.224 e. The lowest BCUT2D eigenvalue weighted by molar-refractivity contribution is -0.126. The van der Waals surface area contributed by atoms with Crippen molar-refractivity contribution in [2.24, 2.45) is 11.8 Å². The van der Waals surface area contributed by atoms with Crippen molar-refractivity contribution in [1.29, 1.82) is 0 Å². The van der Waals surface area contributed by atoms with Gasteiger partial charge in [-0.2, -0.15) is 0 Å². The van der Waals surface area contributed by atoms with Crippen LogP contribution >= 0.6 is 0 Å². The maximum Gasteiger partial charge on any atom is 0.224 e. The molecule has 0 radical (unpaired) electrons. The van der Waals surface area contributed by atoms with Crippen molar-refractivity contribution >= 4 is 5.91 Å². The van der Waals surface area contributed by atoms with E-state index in [1.54, 1.807) is 0 Å². The number of carbonyl (C=O) groups excluding carboxylic acids is 1. The number of benzene rings is 1. The molecule has 1 amide bonds. The first-order valence-electron chi connectivity index (χ1n) is 8.14. The van der Waals surface area contributed by atoms with Crippen molar-refractivity contribution in [3.05, 3.63) is 35.4 Å². The third kappa shape index (κ3) is 4.57. The number of hydrogen-bond donors (Lipinski definition) is 2. The first-order valence-corrected chi connectivity index (χ1v) is 8.14. The highest BCUT2D eigenvalue weighted by Crippen LogP contribution is 2.25. The van der Waals surface area contributed by atoms with Gasteiger partial charge in [0.05, 0.1) is 12.0 Å².